The number of thiophene rings is 1. The molecule has 2 aliphatic heterocycles. The third-order valence-corrected chi connectivity index (χ3v) is 10.9. The smallest absolute Gasteiger partial charge is 0.334 e. The molecule has 0 unspecified atom stereocenters. The Morgan fingerprint density at radius 3 is 2.62 bits per heavy atom. The van der Waals surface area contributed by atoms with Gasteiger partial charge >= 0.3 is 6.18 Å². The van der Waals surface area contributed by atoms with Crippen molar-refractivity contribution in [3.63, 3.8) is 0 Å². The molecular formula is C28H29F4N5O3S2. The van der Waals surface area contributed by atoms with Gasteiger partial charge in [0.05, 0.1) is 21.2 Å². The van der Waals surface area contributed by atoms with Crippen LogP contribution in [0.25, 0.3) is 10.6 Å². The Bertz CT molecular complexity index is 1650. The van der Waals surface area contributed by atoms with Crippen molar-refractivity contribution in [3.05, 3.63) is 51.5 Å². The Morgan fingerprint density at radius 1 is 1.14 bits per heavy atom. The third kappa shape index (κ3) is 5.51. The van der Waals surface area contributed by atoms with E-state index in [4.69, 9.17) is 0 Å². The summed E-state index contributed by atoms with van der Waals surface area (Å²) in [7, 11) is -3.89. The molecule has 8 nitrogen and oxygen atoms in total. The van der Waals surface area contributed by atoms with E-state index in [-0.39, 0.29) is 38.9 Å². The third-order valence-electron chi connectivity index (χ3n) is 7.95. The molecule has 4 heterocycles. The molecule has 1 fully saturated rings. The maximum Gasteiger partial charge on any atom is 0.420 e. The van der Waals surface area contributed by atoms with Crippen LogP contribution in [0.1, 0.15) is 51.7 Å². The zero-order valence-corrected chi connectivity index (χ0v) is 24.4. The number of anilines is 2. The lowest BCUT2D eigenvalue weighted by Gasteiger charge is -2.29. The second-order valence-corrected chi connectivity index (χ2v) is 13.9. The summed E-state index contributed by atoms with van der Waals surface area (Å²) in [4.78, 5) is 24.6. The van der Waals surface area contributed by atoms with Crippen molar-refractivity contribution >= 4 is 38.7 Å². The van der Waals surface area contributed by atoms with Crippen LogP contribution in [0, 0.1) is 0 Å². The van der Waals surface area contributed by atoms with Crippen LogP contribution < -0.4 is 5.32 Å². The highest BCUT2D eigenvalue weighted by Gasteiger charge is 2.41. The first kappa shape index (κ1) is 29.0. The zero-order chi connectivity index (χ0) is 29.8. The second-order valence-electron chi connectivity index (χ2n) is 10.8. The number of aromatic nitrogens is 2. The number of carbonyl (C=O) groups is 1. The summed E-state index contributed by atoms with van der Waals surface area (Å²) in [6.07, 6.45) is -1.26. The van der Waals surface area contributed by atoms with Crippen LogP contribution in [0.15, 0.2) is 29.3 Å². The number of benzene rings is 1. The van der Waals surface area contributed by atoms with Crippen molar-refractivity contribution in [2.75, 3.05) is 37.4 Å². The fourth-order valence-electron chi connectivity index (χ4n) is 5.56. The Labute approximate surface area is 244 Å². The number of sulfone groups is 1. The molecule has 1 N–H and O–H groups in total. The van der Waals surface area contributed by atoms with Crippen LogP contribution in [0.2, 0.25) is 0 Å². The number of nitrogens with one attached hydrogen (secondary N) is 1. The monoisotopic (exact) mass is 623 g/mol. The topological polar surface area (TPSA) is 95.5 Å². The average Bonchev–Trinajstić information content (AvgIpc) is 3.68. The molecule has 3 aromatic rings. The SMILES string of the molecule is CCc1cc2c(cc1Nc1ncc(C(F)(F)F)c(-c3cc4c(s3)C(=O)N(C3CC3)CCS4(=O)=O)n1)CCN(CCF)C2. The van der Waals surface area contributed by atoms with Gasteiger partial charge in [0.1, 0.15) is 17.1 Å². The summed E-state index contributed by atoms with van der Waals surface area (Å²) in [6, 6.07) is 5.06. The summed E-state index contributed by atoms with van der Waals surface area (Å²) in [5.41, 5.74) is 2.08. The van der Waals surface area contributed by atoms with E-state index in [1.54, 1.807) is 0 Å². The summed E-state index contributed by atoms with van der Waals surface area (Å²) in [5, 5.41) is 3.07. The lowest BCUT2D eigenvalue weighted by molar-refractivity contribution is -0.137. The van der Waals surface area contributed by atoms with Crippen LogP contribution in [-0.2, 0) is 35.4 Å². The van der Waals surface area contributed by atoms with Crippen LogP contribution in [0.3, 0.4) is 0 Å². The highest BCUT2D eigenvalue weighted by Crippen LogP contribution is 2.43. The molecule has 0 saturated heterocycles. The number of amides is 1. The number of alkyl halides is 4. The van der Waals surface area contributed by atoms with E-state index in [2.05, 4.69) is 15.3 Å². The quantitative estimate of drug-likeness (QED) is 0.360. The Hall–Kier alpha value is -3.10. The molecule has 0 spiro atoms. The van der Waals surface area contributed by atoms with Crippen LogP contribution in [0.5, 0.6) is 0 Å². The number of hydrogen-bond donors (Lipinski definition) is 1. The van der Waals surface area contributed by atoms with Crippen molar-refractivity contribution in [2.45, 2.75) is 56.3 Å². The Morgan fingerprint density at radius 2 is 1.93 bits per heavy atom. The molecule has 42 heavy (non-hydrogen) atoms. The standard InChI is InChI=1S/C28H29F4N5O3S2/c1-2-16-11-18-15-36(8-6-29)7-5-17(18)12-21(16)34-27-33-14-20(28(30,31)32)24(35-27)22-13-23-25(41-22)26(38)37(19-3-4-19)9-10-42(23,39)40/h11-14,19H,2-10,15H2,1H3,(H,33,34,35). The summed E-state index contributed by atoms with van der Waals surface area (Å²) in [5.74, 6) is -0.845. The predicted octanol–water partition coefficient (Wildman–Crippen LogP) is 5.25. The van der Waals surface area contributed by atoms with Crippen molar-refractivity contribution in [3.8, 4) is 10.6 Å². The molecule has 0 atom stereocenters. The highest BCUT2D eigenvalue weighted by molar-refractivity contribution is 7.91. The maximum absolute atomic E-state index is 14.1. The summed E-state index contributed by atoms with van der Waals surface area (Å²) in [6.45, 7) is 3.28. The number of carbonyl (C=O) groups excluding carboxylic acids is 1. The second kappa shape index (κ2) is 10.9. The van der Waals surface area contributed by atoms with E-state index in [0.29, 0.717) is 44.4 Å². The van der Waals surface area contributed by atoms with Crippen LogP contribution in [0.4, 0.5) is 29.2 Å². The van der Waals surface area contributed by atoms with Gasteiger partial charge in [0.15, 0.2) is 9.84 Å². The molecule has 1 amide bonds. The van der Waals surface area contributed by atoms with Gasteiger partial charge < -0.3 is 10.2 Å². The molecular weight excluding hydrogens is 594 g/mol. The fraction of sp³-hybridized carbons (Fsp3) is 0.464. The lowest BCUT2D eigenvalue weighted by Crippen LogP contribution is -2.34. The molecule has 3 aliphatic rings. The molecule has 2 aromatic heterocycles. The van der Waals surface area contributed by atoms with E-state index in [0.717, 1.165) is 46.9 Å². The van der Waals surface area contributed by atoms with E-state index in [9.17, 15) is 30.8 Å². The Kier molecular flexibility index (Phi) is 7.50. The Balaban J connectivity index is 1.39. The van der Waals surface area contributed by atoms with Crippen molar-refractivity contribution < 1.29 is 30.8 Å². The van der Waals surface area contributed by atoms with Crippen molar-refractivity contribution in [2.24, 2.45) is 0 Å². The van der Waals surface area contributed by atoms with Gasteiger partial charge in [-0.2, -0.15) is 13.2 Å². The minimum Gasteiger partial charge on any atom is -0.334 e. The van der Waals surface area contributed by atoms with E-state index in [1.807, 2.05) is 24.0 Å². The van der Waals surface area contributed by atoms with Crippen molar-refractivity contribution in [1.29, 1.82) is 0 Å². The average molecular weight is 624 g/mol. The largest absolute Gasteiger partial charge is 0.420 e. The number of fused-ring (bicyclic) bond motifs is 2. The predicted molar refractivity (Wildman–Crippen MR) is 151 cm³/mol. The van der Waals surface area contributed by atoms with Crippen LogP contribution >= 0.6 is 11.3 Å². The van der Waals surface area contributed by atoms with Gasteiger partial charge in [0, 0.05) is 44.1 Å². The van der Waals surface area contributed by atoms with E-state index >= 15 is 0 Å². The molecule has 1 saturated carbocycles. The van der Waals surface area contributed by atoms with Gasteiger partial charge in [-0.1, -0.05) is 13.0 Å². The van der Waals surface area contributed by atoms with Gasteiger partial charge in [-0.3, -0.25) is 9.69 Å². The minimum absolute atomic E-state index is 0.0408. The van der Waals surface area contributed by atoms with Gasteiger partial charge in [0.2, 0.25) is 5.95 Å². The normalized spacial score (nSPS) is 18.9. The van der Waals surface area contributed by atoms with Crippen LogP contribution in [-0.4, -0.2) is 72.2 Å². The zero-order valence-electron chi connectivity index (χ0n) is 22.8. The van der Waals surface area contributed by atoms with Gasteiger partial charge in [-0.25, -0.2) is 22.8 Å². The summed E-state index contributed by atoms with van der Waals surface area (Å²) < 4.78 is 81.3. The molecule has 0 radical (unpaired) electrons. The molecule has 14 heteroatoms. The minimum atomic E-state index is -4.82. The first-order valence-electron chi connectivity index (χ1n) is 13.8. The van der Waals surface area contributed by atoms with E-state index in [1.165, 1.54) is 4.90 Å². The van der Waals surface area contributed by atoms with Gasteiger partial charge in [-0.15, -0.1) is 11.3 Å². The lowest BCUT2D eigenvalue weighted by atomic mass is 9.95. The molecule has 0 bridgehead atoms. The molecule has 1 aromatic carbocycles. The summed E-state index contributed by atoms with van der Waals surface area (Å²) >= 11 is 0.717. The molecule has 6 rings (SSSR count). The molecule has 224 valence electrons. The first-order valence-corrected chi connectivity index (χ1v) is 16.3. The highest BCUT2D eigenvalue weighted by atomic mass is 32.2. The maximum atomic E-state index is 14.1. The van der Waals surface area contributed by atoms with Gasteiger partial charge in [-0.05, 0) is 54.5 Å². The van der Waals surface area contributed by atoms with E-state index < -0.39 is 39.9 Å². The van der Waals surface area contributed by atoms with Crippen molar-refractivity contribution in [1.82, 2.24) is 19.8 Å². The number of halogens is 4. The fourth-order valence-corrected chi connectivity index (χ4v) is 8.48. The molecule has 1 aliphatic carbocycles. The van der Waals surface area contributed by atoms with Gasteiger partial charge in [0.25, 0.3) is 5.91 Å². The number of rotatable bonds is 7. The number of nitrogens with zero attached hydrogens (tertiary/aromatic N) is 4. The number of hydrogen-bond acceptors (Lipinski definition) is 8. The first-order chi connectivity index (χ1) is 20.0. The number of aryl methyl sites for hydroxylation is 1.